The highest BCUT2D eigenvalue weighted by atomic mass is 16.1. The molecule has 3 aromatic heterocycles. The summed E-state index contributed by atoms with van der Waals surface area (Å²) < 4.78 is 3.20. The Bertz CT molecular complexity index is 819. The maximum Gasteiger partial charge on any atom is 0.279 e. The van der Waals surface area contributed by atoms with E-state index in [0.717, 1.165) is 11.4 Å². The number of aromatic nitrogens is 6. The van der Waals surface area contributed by atoms with Crippen molar-refractivity contribution in [2.24, 2.45) is 0 Å². The molecule has 0 aliphatic rings. The zero-order valence-electron chi connectivity index (χ0n) is 11.3. The molecule has 0 aliphatic heterocycles. The van der Waals surface area contributed by atoms with Crippen molar-refractivity contribution in [3.05, 3.63) is 46.7 Å². The van der Waals surface area contributed by atoms with Crippen LogP contribution >= 0.6 is 0 Å². The van der Waals surface area contributed by atoms with Crippen LogP contribution in [0, 0.1) is 6.92 Å². The van der Waals surface area contributed by atoms with E-state index in [1.54, 1.807) is 10.9 Å². The van der Waals surface area contributed by atoms with Crippen LogP contribution in [0.25, 0.3) is 11.0 Å². The van der Waals surface area contributed by atoms with Crippen molar-refractivity contribution < 1.29 is 0 Å². The summed E-state index contributed by atoms with van der Waals surface area (Å²) in [4.78, 5) is 25.0. The summed E-state index contributed by atoms with van der Waals surface area (Å²) in [6, 6.07) is 1.85. The molecule has 0 bridgehead atoms. The Balaban J connectivity index is 2.08. The van der Waals surface area contributed by atoms with Gasteiger partial charge in [0.2, 0.25) is 0 Å². The molecular weight excluding hydrogens is 256 g/mol. The molecule has 0 unspecified atom stereocenters. The number of aryl methyl sites for hydroxylation is 2. The van der Waals surface area contributed by atoms with Gasteiger partial charge in [-0.25, -0.2) is 15.0 Å². The number of hydrogen-bond donors (Lipinski definition) is 0. The molecule has 7 heteroatoms. The maximum absolute atomic E-state index is 12.5. The first-order valence-corrected chi connectivity index (χ1v) is 6.37. The average molecular weight is 270 g/mol. The molecule has 0 aromatic carbocycles. The van der Waals surface area contributed by atoms with E-state index in [-0.39, 0.29) is 5.56 Å². The van der Waals surface area contributed by atoms with E-state index < -0.39 is 0 Å². The van der Waals surface area contributed by atoms with E-state index >= 15 is 0 Å². The van der Waals surface area contributed by atoms with Crippen LogP contribution in [0.1, 0.15) is 18.3 Å². The predicted octanol–water partition coefficient (Wildman–Crippen LogP) is 0.760. The monoisotopic (exact) mass is 270 g/mol. The van der Waals surface area contributed by atoms with E-state index in [4.69, 9.17) is 0 Å². The third kappa shape index (κ3) is 2.07. The van der Waals surface area contributed by atoms with Gasteiger partial charge in [-0.15, -0.1) is 0 Å². The van der Waals surface area contributed by atoms with Crippen molar-refractivity contribution >= 4 is 11.0 Å². The molecule has 3 rings (SSSR count). The van der Waals surface area contributed by atoms with Crippen molar-refractivity contribution in [3.8, 4) is 0 Å². The van der Waals surface area contributed by atoms with E-state index in [2.05, 4.69) is 20.1 Å². The Kier molecular flexibility index (Phi) is 3.02. The van der Waals surface area contributed by atoms with Gasteiger partial charge in [0.15, 0.2) is 5.52 Å². The Labute approximate surface area is 114 Å². The zero-order chi connectivity index (χ0) is 14.1. The molecule has 0 radical (unpaired) electrons. The minimum atomic E-state index is -0.106. The van der Waals surface area contributed by atoms with Gasteiger partial charge in [0.1, 0.15) is 11.8 Å². The van der Waals surface area contributed by atoms with Crippen molar-refractivity contribution in [2.75, 3.05) is 0 Å². The molecule has 0 N–H and O–H groups in total. The number of nitrogens with zero attached hydrogens (tertiary/aromatic N) is 6. The first-order valence-electron chi connectivity index (χ1n) is 6.37. The highest BCUT2D eigenvalue weighted by Gasteiger charge is 2.10. The Morgan fingerprint density at radius 2 is 2.10 bits per heavy atom. The van der Waals surface area contributed by atoms with Crippen LogP contribution in [-0.4, -0.2) is 29.3 Å². The van der Waals surface area contributed by atoms with Crippen molar-refractivity contribution in [1.82, 2.24) is 29.3 Å². The second-order valence-corrected chi connectivity index (χ2v) is 4.52. The second-order valence-electron chi connectivity index (χ2n) is 4.52. The highest BCUT2D eigenvalue weighted by Crippen LogP contribution is 2.06. The van der Waals surface area contributed by atoms with Gasteiger partial charge in [-0.1, -0.05) is 0 Å². The first kappa shape index (κ1) is 12.5. The van der Waals surface area contributed by atoms with Gasteiger partial charge in [-0.05, 0) is 19.9 Å². The summed E-state index contributed by atoms with van der Waals surface area (Å²) in [5.74, 6) is 0. The molecule has 7 nitrogen and oxygen atoms in total. The summed E-state index contributed by atoms with van der Waals surface area (Å²) in [5, 5.41) is 4.15. The number of fused-ring (bicyclic) bond motifs is 1. The molecule has 3 aromatic rings. The standard InChI is InChI=1S/C13H14N6O/c1-3-19-12-11(5-17-19)16-8-18(13(12)20)6-10-4-9(2)14-7-15-10/h4-5,7-8H,3,6H2,1-2H3. The summed E-state index contributed by atoms with van der Waals surface area (Å²) >= 11 is 0. The molecule has 0 spiro atoms. The fraction of sp³-hybridized carbons (Fsp3) is 0.308. The molecule has 0 saturated carbocycles. The maximum atomic E-state index is 12.5. The van der Waals surface area contributed by atoms with E-state index in [1.807, 2.05) is 19.9 Å². The lowest BCUT2D eigenvalue weighted by Gasteiger charge is -2.06. The lowest BCUT2D eigenvalue weighted by atomic mass is 10.3. The fourth-order valence-corrected chi connectivity index (χ4v) is 2.13. The minimum Gasteiger partial charge on any atom is -0.291 e. The van der Waals surface area contributed by atoms with Crippen LogP contribution < -0.4 is 5.56 Å². The largest absolute Gasteiger partial charge is 0.291 e. The van der Waals surface area contributed by atoms with Gasteiger partial charge in [0.05, 0.1) is 24.8 Å². The summed E-state index contributed by atoms with van der Waals surface area (Å²) in [5.41, 5.74) is 2.69. The van der Waals surface area contributed by atoms with Gasteiger partial charge in [0.25, 0.3) is 5.56 Å². The predicted molar refractivity (Wildman–Crippen MR) is 73.3 cm³/mol. The molecule has 0 amide bonds. The van der Waals surface area contributed by atoms with Crippen molar-refractivity contribution in [1.29, 1.82) is 0 Å². The molecule has 3 heterocycles. The fourth-order valence-electron chi connectivity index (χ4n) is 2.13. The van der Waals surface area contributed by atoms with Crippen LogP contribution in [0.3, 0.4) is 0 Å². The molecule has 0 aliphatic carbocycles. The van der Waals surface area contributed by atoms with Gasteiger partial charge in [-0.3, -0.25) is 14.0 Å². The summed E-state index contributed by atoms with van der Waals surface area (Å²) in [7, 11) is 0. The van der Waals surface area contributed by atoms with Gasteiger partial charge in [0, 0.05) is 12.2 Å². The quantitative estimate of drug-likeness (QED) is 0.702. The lowest BCUT2D eigenvalue weighted by molar-refractivity contribution is 0.667. The summed E-state index contributed by atoms with van der Waals surface area (Å²) in [6.07, 6.45) is 4.64. The molecule has 0 fully saturated rings. The molecule has 102 valence electrons. The van der Waals surface area contributed by atoms with Gasteiger partial charge >= 0.3 is 0 Å². The van der Waals surface area contributed by atoms with Crippen LogP contribution in [0.5, 0.6) is 0 Å². The molecule has 20 heavy (non-hydrogen) atoms. The van der Waals surface area contributed by atoms with Crippen LogP contribution in [0.4, 0.5) is 0 Å². The van der Waals surface area contributed by atoms with Crippen LogP contribution in [-0.2, 0) is 13.1 Å². The Morgan fingerprint density at radius 3 is 2.85 bits per heavy atom. The lowest BCUT2D eigenvalue weighted by Crippen LogP contribution is -2.23. The SMILES string of the molecule is CCn1ncc2ncn(Cc3cc(C)ncn3)c(=O)c21. The van der Waals surface area contributed by atoms with Crippen LogP contribution in [0.2, 0.25) is 0 Å². The first-order chi connectivity index (χ1) is 9.69. The third-order valence-electron chi connectivity index (χ3n) is 3.11. The second kappa shape index (κ2) is 4.84. The number of hydrogen-bond acceptors (Lipinski definition) is 5. The van der Waals surface area contributed by atoms with Crippen LogP contribution in [0.15, 0.2) is 29.7 Å². The zero-order valence-corrected chi connectivity index (χ0v) is 11.3. The topological polar surface area (TPSA) is 78.5 Å². The minimum absolute atomic E-state index is 0.106. The Morgan fingerprint density at radius 1 is 1.25 bits per heavy atom. The molecule has 0 atom stereocenters. The van der Waals surface area contributed by atoms with Crippen molar-refractivity contribution in [2.45, 2.75) is 26.9 Å². The van der Waals surface area contributed by atoms with Crippen molar-refractivity contribution in [3.63, 3.8) is 0 Å². The highest BCUT2D eigenvalue weighted by molar-refractivity contribution is 5.72. The summed E-state index contributed by atoms with van der Waals surface area (Å²) in [6.45, 7) is 4.84. The van der Waals surface area contributed by atoms with Gasteiger partial charge < -0.3 is 0 Å². The smallest absolute Gasteiger partial charge is 0.279 e. The molecular formula is C13H14N6O. The third-order valence-corrected chi connectivity index (χ3v) is 3.11. The number of rotatable bonds is 3. The van der Waals surface area contributed by atoms with E-state index in [1.165, 1.54) is 17.2 Å². The van der Waals surface area contributed by atoms with E-state index in [0.29, 0.717) is 24.1 Å². The Hall–Kier alpha value is -2.57. The average Bonchev–Trinajstić information content (AvgIpc) is 2.86. The molecule has 0 saturated heterocycles. The van der Waals surface area contributed by atoms with Gasteiger partial charge in [-0.2, -0.15) is 5.10 Å². The normalized spacial score (nSPS) is 11.1. The van der Waals surface area contributed by atoms with E-state index in [9.17, 15) is 4.79 Å².